The number of aliphatic imine (C=N–C) groups is 1. The van der Waals surface area contributed by atoms with Gasteiger partial charge in [-0.2, -0.15) is 0 Å². The van der Waals surface area contributed by atoms with Gasteiger partial charge in [-0.3, -0.25) is 4.99 Å². The molecule has 1 saturated heterocycles. The van der Waals surface area contributed by atoms with Crippen molar-refractivity contribution in [3.63, 3.8) is 0 Å². The minimum Gasteiger partial charge on any atom is -0.454 e. The minimum absolute atomic E-state index is 0.158. The predicted molar refractivity (Wildman–Crippen MR) is 92.2 cm³/mol. The van der Waals surface area contributed by atoms with Gasteiger partial charge >= 0.3 is 0 Å². The number of guanidine groups is 1. The van der Waals surface area contributed by atoms with Crippen LogP contribution in [0.3, 0.4) is 0 Å². The van der Waals surface area contributed by atoms with E-state index in [2.05, 4.69) is 10.3 Å². The molecule has 0 aromatic heterocycles. The first-order chi connectivity index (χ1) is 11.5. The monoisotopic (exact) mass is 353 g/mol. The van der Waals surface area contributed by atoms with Crippen molar-refractivity contribution < 1.29 is 17.9 Å². The van der Waals surface area contributed by atoms with Gasteiger partial charge in [0.25, 0.3) is 0 Å². The Kier molecular flexibility index (Phi) is 4.84. The van der Waals surface area contributed by atoms with Crippen LogP contribution in [0.5, 0.6) is 11.5 Å². The summed E-state index contributed by atoms with van der Waals surface area (Å²) in [7, 11) is 0.832. The lowest BCUT2D eigenvalue weighted by Crippen LogP contribution is -2.40. The highest BCUT2D eigenvalue weighted by Crippen LogP contribution is 2.32. The number of fused-ring (bicyclic) bond motifs is 1. The third kappa shape index (κ3) is 3.92. The lowest BCUT2D eigenvalue weighted by Gasteiger charge is -2.23. The zero-order valence-corrected chi connectivity index (χ0v) is 14.8. The van der Waals surface area contributed by atoms with Crippen LogP contribution in [0.1, 0.15) is 12.0 Å². The van der Waals surface area contributed by atoms with Crippen LogP contribution in [0.25, 0.3) is 0 Å². The fraction of sp³-hybridized carbons (Fsp3) is 0.562. The largest absolute Gasteiger partial charge is 0.454 e. The minimum atomic E-state index is -2.84. The molecular formula is C16H23N3O4S. The molecule has 1 N–H and O–H groups in total. The van der Waals surface area contributed by atoms with E-state index < -0.39 is 9.84 Å². The summed E-state index contributed by atoms with van der Waals surface area (Å²) in [6.45, 7) is 1.55. The Bertz CT molecular complexity index is 733. The van der Waals surface area contributed by atoms with E-state index in [1.54, 1.807) is 7.05 Å². The van der Waals surface area contributed by atoms with Crippen LogP contribution in [-0.2, 0) is 16.4 Å². The van der Waals surface area contributed by atoms with Gasteiger partial charge < -0.3 is 19.7 Å². The molecule has 132 valence electrons. The van der Waals surface area contributed by atoms with Gasteiger partial charge in [0.1, 0.15) is 0 Å². The summed E-state index contributed by atoms with van der Waals surface area (Å²) >= 11 is 0. The van der Waals surface area contributed by atoms with Crippen molar-refractivity contribution in [1.29, 1.82) is 0 Å². The smallest absolute Gasteiger partial charge is 0.231 e. The molecular weight excluding hydrogens is 330 g/mol. The summed E-state index contributed by atoms with van der Waals surface area (Å²) in [6.07, 6.45) is 0.720. The highest BCUT2D eigenvalue weighted by Gasteiger charge is 2.28. The van der Waals surface area contributed by atoms with Crippen LogP contribution in [0.4, 0.5) is 0 Å². The summed E-state index contributed by atoms with van der Waals surface area (Å²) in [6, 6.07) is 5.88. The zero-order chi connectivity index (χ0) is 17.2. The van der Waals surface area contributed by atoms with E-state index in [0.717, 1.165) is 29.4 Å². The molecule has 1 fully saturated rings. The van der Waals surface area contributed by atoms with E-state index >= 15 is 0 Å². The van der Waals surface area contributed by atoms with Crippen LogP contribution < -0.4 is 14.8 Å². The van der Waals surface area contributed by atoms with E-state index in [9.17, 15) is 8.42 Å². The zero-order valence-electron chi connectivity index (χ0n) is 14.0. The third-order valence-corrected chi connectivity index (χ3v) is 6.14. The quantitative estimate of drug-likeness (QED) is 0.639. The molecule has 1 aromatic carbocycles. The Hall–Kier alpha value is -1.96. The van der Waals surface area contributed by atoms with Crippen LogP contribution in [-0.4, -0.2) is 58.2 Å². The van der Waals surface area contributed by atoms with E-state index in [1.165, 1.54) is 0 Å². The van der Waals surface area contributed by atoms with E-state index in [1.807, 2.05) is 30.1 Å². The summed E-state index contributed by atoms with van der Waals surface area (Å²) in [5.41, 5.74) is 1.09. The maximum absolute atomic E-state index is 11.5. The Morgan fingerprint density at radius 2 is 2.17 bits per heavy atom. The fourth-order valence-corrected chi connectivity index (χ4v) is 4.90. The van der Waals surface area contributed by atoms with Gasteiger partial charge in [0.15, 0.2) is 27.3 Å². The van der Waals surface area contributed by atoms with Gasteiger partial charge in [-0.1, -0.05) is 6.07 Å². The summed E-state index contributed by atoms with van der Waals surface area (Å²) in [5, 5.41) is 3.28. The molecule has 0 bridgehead atoms. The van der Waals surface area contributed by atoms with Gasteiger partial charge in [-0.25, -0.2) is 8.42 Å². The molecule has 1 unspecified atom stereocenters. The molecule has 0 spiro atoms. The molecule has 2 aliphatic heterocycles. The standard InChI is InChI=1S/C16H23N3O4S/c1-17-16(18-8-13-5-6-24(20,21)10-13)19(2)9-12-3-4-14-15(7-12)23-11-22-14/h3-4,7,13H,5-6,8-11H2,1-2H3,(H,17,18). The lowest BCUT2D eigenvalue weighted by molar-refractivity contribution is 0.174. The Labute approximate surface area is 142 Å². The third-order valence-electron chi connectivity index (χ3n) is 4.31. The van der Waals surface area contributed by atoms with Crippen LogP contribution >= 0.6 is 0 Å². The van der Waals surface area contributed by atoms with Crippen LogP contribution in [0, 0.1) is 5.92 Å². The number of benzene rings is 1. The van der Waals surface area contributed by atoms with Gasteiger partial charge in [0, 0.05) is 27.2 Å². The predicted octanol–water partition coefficient (Wildman–Crippen LogP) is 0.857. The first-order valence-electron chi connectivity index (χ1n) is 7.97. The van der Waals surface area contributed by atoms with E-state index in [-0.39, 0.29) is 18.5 Å². The van der Waals surface area contributed by atoms with E-state index in [0.29, 0.717) is 18.8 Å². The highest BCUT2D eigenvalue weighted by molar-refractivity contribution is 7.91. The number of hydrogen-bond acceptors (Lipinski definition) is 5. The first kappa shape index (κ1) is 16.9. The van der Waals surface area contributed by atoms with Crippen molar-refractivity contribution in [3.05, 3.63) is 23.8 Å². The fourth-order valence-electron chi connectivity index (χ4n) is 3.04. The van der Waals surface area contributed by atoms with E-state index in [4.69, 9.17) is 9.47 Å². The number of nitrogens with one attached hydrogen (secondary N) is 1. The second-order valence-electron chi connectivity index (χ2n) is 6.24. The molecule has 3 rings (SSSR count). The van der Waals surface area contributed by atoms with Crippen LogP contribution in [0.15, 0.2) is 23.2 Å². The number of nitrogens with zero attached hydrogens (tertiary/aromatic N) is 2. The highest BCUT2D eigenvalue weighted by atomic mass is 32.2. The Balaban J connectivity index is 1.55. The summed E-state index contributed by atoms with van der Waals surface area (Å²) in [5.74, 6) is 3.00. The molecule has 2 aliphatic rings. The second-order valence-corrected chi connectivity index (χ2v) is 8.47. The lowest BCUT2D eigenvalue weighted by atomic mass is 10.1. The normalized spacial score (nSPS) is 21.8. The molecule has 1 aromatic rings. The van der Waals surface area contributed by atoms with Crippen molar-refractivity contribution in [3.8, 4) is 11.5 Å². The van der Waals surface area contributed by atoms with Crippen molar-refractivity contribution in [2.45, 2.75) is 13.0 Å². The summed E-state index contributed by atoms with van der Waals surface area (Å²) in [4.78, 5) is 6.28. The first-order valence-corrected chi connectivity index (χ1v) is 9.80. The maximum atomic E-state index is 11.5. The van der Waals surface area contributed by atoms with Gasteiger partial charge in [0.05, 0.1) is 11.5 Å². The van der Waals surface area contributed by atoms with Crippen molar-refractivity contribution in [2.24, 2.45) is 10.9 Å². The molecule has 0 aliphatic carbocycles. The second kappa shape index (κ2) is 6.88. The van der Waals surface area contributed by atoms with Crippen LogP contribution in [0.2, 0.25) is 0 Å². The Morgan fingerprint density at radius 1 is 1.38 bits per heavy atom. The maximum Gasteiger partial charge on any atom is 0.231 e. The molecule has 0 saturated carbocycles. The average Bonchev–Trinajstić information content (AvgIpc) is 3.13. The molecule has 2 heterocycles. The van der Waals surface area contributed by atoms with Gasteiger partial charge in [0.2, 0.25) is 6.79 Å². The van der Waals surface area contributed by atoms with Crippen molar-refractivity contribution in [1.82, 2.24) is 10.2 Å². The summed E-state index contributed by atoms with van der Waals surface area (Å²) < 4.78 is 33.8. The van der Waals surface area contributed by atoms with Crippen molar-refractivity contribution in [2.75, 3.05) is 38.9 Å². The SMILES string of the molecule is CN=C(NCC1CCS(=O)(=O)C1)N(C)Cc1ccc2c(c1)OCO2. The number of rotatable bonds is 4. The van der Waals surface area contributed by atoms with Gasteiger partial charge in [-0.05, 0) is 30.0 Å². The number of ether oxygens (including phenoxy) is 2. The number of hydrogen-bond donors (Lipinski definition) is 1. The topological polar surface area (TPSA) is 80.2 Å². The average molecular weight is 353 g/mol. The molecule has 24 heavy (non-hydrogen) atoms. The molecule has 0 radical (unpaired) electrons. The van der Waals surface area contributed by atoms with Crippen molar-refractivity contribution >= 4 is 15.8 Å². The Morgan fingerprint density at radius 3 is 2.88 bits per heavy atom. The number of sulfone groups is 1. The molecule has 7 nitrogen and oxygen atoms in total. The molecule has 0 amide bonds. The molecule has 8 heteroatoms. The molecule has 1 atom stereocenters. The van der Waals surface area contributed by atoms with Gasteiger partial charge in [-0.15, -0.1) is 0 Å².